The van der Waals surface area contributed by atoms with Crippen LogP contribution in [0.25, 0.3) is 0 Å². The minimum absolute atomic E-state index is 0.144. The molecular weight excluding hydrogens is 252 g/mol. The zero-order valence-corrected chi connectivity index (χ0v) is 10.6. The predicted octanol–water partition coefficient (Wildman–Crippen LogP) is 3.43. The Balaban J connectivity index is 2.33. The Morgan fingerprint density at radius 3 is 2.78 bits per heavy atom. The van der Waals surface area contributed by atoms with E-state index in [0.717, 1.165) is 0 Å². The lowest BCUT2D eigenvalue weighted by atomic mass is 10.2. The molecule has 0 aliphatic heterocycles. The van der Waals surface area contributed by atoms with Gasteiger partial charge in [-0.15, -0.1) is 0 Å². The molecule has 93 valence electrons. The minimum Gasteiger partial charge on any atom is -0.493 e. The molecule has 4 heteroatoms. The second kappa shape index (κ2) is 5.76. The molecule has 0 heterocycles. The Morgan fingerprint density at radius 2 is 2.06 bits per heavy atom. The standard InChI is InChI=1S/C14H12ClO3/c1-17-13-4-2-3-5-14(13)18-12-7-6-11(15)8-10(12)9-16/h2,4-8,16H,9H2,1H3. The largest absolute Gasteiger partial charge is 0.493 e. The van der Waals surface area contributed by atoms with Gasteiger partial charge < -0.3 is 14.6 Å². The third-order valence-corrected chi connectivity index (χ3v) is 2.66. The van der Waals surface area contributed by atoms with E-state index in [1.165, 1.54) is 0 Å². The molecule has 0 fully saturated rings. The highest BCUT2D eigenvalue weighted by atomic mass is 35.5. The topological polar surface area (TPSA) is 38.7 Å². The van der Waals surface area contributed by atoms with Gasteiger partial charge in [-0.25, -0.2) is 0 Å². The smallest absolute Gasteiger partial charge is 0.169 e. The summed E-state index contributed by atoms with van der Waals surface area (Å²) in [6.07, 6.45) is 0. The zero-order chi connectivity index (χ0) is 13.0. The van der Waals surface area contributed by atoms with E-state index in [0.29, 0.717) is 27.8 Å². The maximum Gasteiger partial charge on any atom is 0.169 e. The summed E-state index contributed by atoms with van der Waals surface area (Å²) in [6, 6.07) is 13.2. The van der Waals surface area contributed by atoms with Crippen LogP contribution in [0.1, 0.15) is 5.56 Å². The summed E-state index contributed by atoms with van der Waals surface area (Å²) in [5, 5.41) is 9.82. The van der Waals surface area contributed by atoms with Gasteiger partial charge in [0.2, 0.25) is 0 Å². The van der Waals surface area contributed by atoms with Crippen molar-refractivity contribution in [3.63, 3.8) is 0 Å². The molecule has 0 spiro atoms. The van der Waals surface area contributed by atoms with Gasteiger partial charge in [0.25, 0.3) is 0 Å². The molecule has 3 nitrogen and oxygen atoms in total. The Labute approximate surface area is 111 Å². The number of ether oxygens (including phenoxy) is 2. The molecule has 1 radical (unpaired) electrons. The minimum atomic E-state index is -0.144. The molecule has 0 atom stereocenters. The summed E-state index contributed by atoms with van der Waals surface area (Å²) in [7, 11) is 1.57. The van der Waals surface area contributed by atoms with E-state index < -0.39 is 0 Å². The number of aliphatic hydroxyl groups excluding tert-OH is 1. The van der Waals surface area contributed by atoms with E-state index in [4.69, 9.17) is 21.1 Å². The third-order valence-electron chi connectivity index (χ3n) is 2.42. The summed E-state index contributed by atoms with van der Waals surface area (Å²) in [5.74, 6) is 1.68. The van der Waals surface area contributed by atoms with Crippen LogP contribution in [0, 0.1) is 6.07 Å². The molecule has 0 saturated carbocycles. The quantitative estimate of drug-likeness (QED) is 0.918. The fraction of sp³-hybridized carbons (Fsp3) is 0.143. The predicted molar refractivity (Wildman–Crippen MR) is 69.3 cm³/mol. The lowest BCUT2D eigenvalue weighted by Crippen LogP contribution is -1.94. The van der Waals surface area contributed by atoms with Crippen molar-refractivity contribution in [2.24, 2.45) is 0 Å². The van der Waals surface area contributed by atoms with Crippen LogP contribution in [-0.4, -0.2) is 12.2 Å². The molecule has 1 N–H and O–H groups in total. The lowest BCUT2D eigenvalue weighted by Gasteiger charge is -2.12. The first-order valence-electron chi connectivity index (χ1n) is 5.36. The molecular formula is C14H12ClO3. The fourth-order valence-electron chi connectivity index (χ4n) is 1.54. The monoisotopic (exact) mass is 263 g/mol. The van der Waals surface area contributed by atoms with Crippen LogP contribution in [0.2, 0.25) is 5.02 Å². The number of hydrogen-bond donors (Lipinski definition) is 1. The van der Waals surface area contributed by atoms with Gasteiger partial charge in [0, 0.05) is 10.6 Å². The molecule has 0 amide bonds. The van der Waals surface area contributed by atoms with Gasteiger partial charge in [-0.05, 0) is 36.4 Å². The molecule has 0 aliphatic carbocycles. The van der Waals surface area contributed by atoms with Crippen LogP contribution in [-0.2, 0) is 6.61 Å². The van der Waals surface area contributed by atoms with Crippen LogP contribution in [0.5, 0.6) is 17.2 Å². The van der Waals surface area contributed by atoms with Crippen LogP contribution < -0.4 is 9.47 Å². The highest BCUT2D eigenvalue weighted by Crippen LogP contribution is 2.33. The molecule has 0 aromatic heterocycles. The highest BCUT2D eigenvalue weighted by Gasteiger charge is 2.08. The number of halogens is 1. The number of methoxy groups -OCH3 is 1. The van der Waals surface area contributed by atoms with E-state index in [2.05, 4.69) is 6.07 Å². The van der Waals surface area contributed by atoms with Crippen molar-refractivity contribution >= 4 is 11.6 Å². The van der Waals surface area contributed by atoms with Crippen molar-refractivity contribution in [1.82, 2.24) is 0 Å². The van der Waals surface area contributed by atoms with Crippen LogP contribution >= 0.6 is 11.6 Å². The van der Waals surface area contributed by atoms with Crippen molar-refractivity contribution in [2.45, 2.75) is 6.61 Å². The summed E-state index contributed by atoms with van der Waals surface area (Å²) >= 11 is 5.86. The maximum atomic E-state index is 9.27. The Kier molecular flexibility index (Phi) is 4.07. The molecule has 0 aliphatic rings. The molecule has 0 bridgehead atoms. The molecule has 2 aromatic carbocycles. The highest BCUT2D eigenvalue weighted by molar-refractivity contribution is 6.30. The van der Waals surface area contributed by atoms with E-state index in [1.54, 1.807) is 43.5 Å². The second-order valence-electron chi connectivity index (χ2n) is 3.59. The number of benzene rings is 2. The normalized spacial score (nSPS) is 10.2. The number of aliphatic hydroxyl groups is 1. The van der Waals surface area contributed by atoms with Gasteiger partial charge in [0.1, 0.15) is 5.75 Å². The molecule has 18 heavy (non-hydrogen) atoms. The van der Waals surface area contributed by atoms with Gasteiger partial charge >= 0.3 is 0 Å². The van der Waals surface area contributed by atoms with Crippen molar-refractivity contribution in [1.29, 1.82) is 0 Å². The van der Waals surface area contributed by atoms with Gasteiger partial charge in [-0.3, -0.25) is 0 Å². The van der Waals surface area contributed by atoms with Crippen LogP contribution in [0.4, 0.5) is 0 Å². The van der Waals surface area contributed by atoms with Crippen LogP contribution in [0.15, 0.2) is 36.4 Å². The molecule has 2 aromatic rings. The van der Waals surface area contributed by atoms with Crippen molar-refractivity contribution in [3.8, 4) is 17.2 Å². The average Bonchev–Trinajstić information content (AvgIpc) is 2.41. The van der Waals surface area contributed by atoms with Gasteiger partial charge in [0.15, 0.2) is 11.5 Å². The molecule has 0 saturated heterocycles. The van der Waals surface area contributed by atoms with Crippen molar-refractivity contribution in [3.05, 3.63) is 53.1 Å². The van der Waals surface area contributed by atoms with Crippen LogP contribution in [0.3, 0.4) is 0 Å². The summed E-state index contributed by atoms with van der Waals surface area (Å²) in [4.78, 5) is 0. The summed E-state index contributed by atoms with van der Waals surface area (Å²) in [6.45, 7) is -0.144. The first-order valence-corrected chi connectivity index (χ1v) is 5.73. The zero-order valence-electron chi connectivity index (χ0n) is 9.81. The van der Waals surface area contributed by atoms with Crippen molar-refractivity contribution in [2.75, 3.05) is 7.11 Å². The Hall–Kier alpha value is -1.71. The maximum absolute atomic E-state index is 9.27. The van der Waals surface area contributed by atoms with E-state index in [9.17, 15) is 5.11 Å². The van der Waals surface area contributed by atoms with E-state index >= 15 is 0 Å². The Bertz CT molecular complexity index is 540. The van der Waals surface area contributed by atoms with Gasteiger partial charge in [-0.1, -0.05) is 17.7 Å². The average molecular weight is 264 g/mol. The third kappa shape index (κ3) is 2.75. The number of hydrogen-bond acceptors (Lipinski definition) is 3. The first-order chi connectivity index (χ1) is 8.74. The fourth-order valence-corrected chi connectivity index (χ4v) is 1.73. The van der Waals surface area contributed by atoms with Gasteiger partial charge in [0.05, 0.1) is 13.7 Å². The Morgan fingerprint density at radius 1 is 1.22 bits per heavy atom. The molecule has 2 rings (SSSR count). The van der Waals surface area contributed by atoms with Crippen molar-refractivity contribution < 1.29 is 14.6 Å². The molecule has 0 unspecified atom stereocenters. The first kappa shape index (κ1) is 12.7. The second-order valence-corrected chi connectivity index (χ2v) is 4.03. The lowest BCUT2D eigenvalue weighted by molar-refractivity contribution is 0.275. The van der Waals surface area contributed by atoms with E-state index in [1.807, 2.05) is 0 Å². The van der Waals surface area contributed by atoms with Gasteiger partial charge in [-0.2, -0.15) is 0 Å². The SMILES string of the molecule is COc1cc[c]cc1Oc1ccc(Cl)cc1CO. The summed E-state index contributed by atoms with van der Waals surface area (Å²) in [5.41, 5.74) is 0.619. The number of rotatable bonds is 4. The van der Waals surface area contributed by atoms with E-state index in [-0.39, 0.29) is 6.61 Å². The summed E-state index contributed by atoms with van der Waals surface area (Å²) < 4.78 is 10.9.